The lowest BCUT2D eigenvalue weighted by Crippen LogP contribution is -1.94. The molecule has 1 aromatic rings. The van der Waals surface area contributed by atoms with Crippen LogP contribution in [0.15, 0.2) is 18.5 Å². The van der Waals surface area contributed by atoms with Gasteiger partial charge in [-0.25, -0.2) is 0 Å². The van der Waals surface area contributed by atoms with Crippen molar-refractivity contribution in [2.24, 2.45) is 0 Å². The molecule has 1 rings (SSSR count). The Hall–Kier alpha value is -0.850. The fourth-order valence-corrected chi connectivity index (χ4v) is 1.26. The summed E-state index contributed by atoms with van der Waals surface area (Å²) in [6.45, 7) is 14.6. The molecule has 0 amide bonds. The van der Waals surface area contributed by atoms with Crippen LogP contribution in [-0.4, -0.2) is 4.98 Å². The molecule has 0 fully saturated rings. The number of hydrogen-bond donors (Lipinski definition) is 0. The molecule has 1 atom stereocenters. The Labute approximate surface area is 95.9 Å². The Morgan fingerprint density at radius 3 is 2.13 bits per heavy atom. The smallest absolute Gasteiger partial charge is 0.0299 e. The molecule has 0 aliphatic rings. The lowest BCUT2D eigenvalue weighted by atomic mass is 9.96. The van der Waals surface area contributed by atoms with Crippen molar-refractivity contribution in [2.45, 2.75) is 60.8 Å². The zero-order valence-corrected chi connectivity index (χ0v) is 11.5. The van der Waals surface area contributed by atoms with Crippen molar-refractivity contribution >= 4 is 0 Å². The topological polar surface area (TPSA) is 12.9 Å². The summed E-state index contributed by atoms with van der Waals surface area (Å²) >= 11 is 0. The number of nitrogens with zero attached hydrogens (tertiary/aromatic N) is 1. The number of rotatable bonds is 2. The third-order valence-electron chi connectivity index (χ3n) is 2.21. The molecule has 0 aliphatic heterocycles. The summed E-state index contributed by atoms with van der Waals surface area (Å²) in [5.41, 5.74) is 2.74. The highest BCUT2D eigenvalue weighted by Gasteiger charge is 2.04. The summed E-state index contributed by atoms with van der Waals surface area (Å²) in [6, 6.07) is 2.11. The van der Waals surface area contributed by atoms with Crippen molar-refractivity contribution in [1.29, 1.82) is 0 Å². The van der Waals surface area contributed by atoms with E-state index >= 15 is 0 Å². The van der Waals surface area contributed by atoms with Gasteiger partial charge >= 0.3 is 0 Å². The van der Waals surface area contributed by atoms with Gasteiger partial charge < -0.3 is 0 Å². The van der Waals surface area contributed by atoms with Gasteiger partial charge in [0.25, 0.3) is 0 Å². The van der Waals surface area contributed by atoms with Crippen LogP contribution >= 0.6 is 0 Å². The first-order valence-corrected chi connectivity index (χ1v) is 6.16. The molecule has 0 aromatic carbocycles. The van der Waals surface area contributed by atoms with Crippen LogP contribution in [0.5, 0.6) is 0 Å². The van der Waals surface area contributed by atoms with Crippen LogP contribution < -0.4 is 0 Å². The molecule has 0 N–H and O–H groups in total. The first-order valence-electron chi connectivity index (χ1n) is 6.16. The minimum atomic E-state index is 0.665. The molecule has 1 heterocycles. The van der Waals surface area contributed by atoms with Gasteiger partial charge in [0.05, 0.1) is 0 Å². The van der Waals surface area contributed by atoms with E-state index in [4.69, 9.17) is 0 Å². The van der Waals surface area contributed by atoms with Crippen molar-refractivity contribution < 1.29 is 0 Å². The average molecular weight is 209 g/mol. The van der Waals surface area contributed by atoms with E-state index in [-0.39, 0.29) is 0 Å². The van der Waals surface area contributed by atoms with Crippen molar-refractivity contribution in [3.63, 3.8) is 0 Å². The maximum atomic E-state index is 4.06. The summed E-state index contributed by atoms with van der Waals surface area (Å²) in [5, 5.41) is 0. The first-order chi connectivity index (χ1) is 7.25. The van der Waals surface area contributed by atoms with Gasteiger partial charge in [-0.15, -0.1) is 0 Å². The number of aryl methyl sites for hydroxylation is 1. The van der Waals surface area contributed by atoms with Crippen LogP contribution in [0.1, 0.15) is 65.0 Å². The van der Waals surface area contributed by atoms with E-state index in [0.717, 1.165) is 0 Å². The second-order valence-corrected chi connectivity index (χ2v) is 3.04. The Balaban J connectivity index is 0. The minimum absolute atomic E-state index is 0.665. The molecule has 0 saturated carbocycles. The maximum Gasteiger partial charge on any atom is 0.0299 e. The SMILES string of the molecule is CC.CC.CCC(C)c1ccncc1C. The molecule has 0 spiro atoms. The van der Waals surface area contributed by atoms with Crippen molar-refractivity contribution in [3.8, 4) is 0 Å². The molecule has 88 valence electrons. The highest BCUT2D eigenvalue weighted by molar-refractivity contribution is 5.24. The van der Waals surface area contributed by atoms with E-state index in [1.54, 1.807) is 0 Å². The third-order valence-corrected chi connectivity index (χ3v) is 2.21. The molecule has 0 radical (unpaired) electrons. The molecular weight excluding hydrogens is 182 g/mol. The summed E-state index contributed by atoms with van der Waals surface area (Å²) in [6.07, 6.45) is 5.00. The molecule has 0 aliphatic carbocycles. The third kappa shape index (κ3) is 6.27. The minimum Gasteiger partial charge on any atom is -0.264 e. The first kappa shape index (κ1) is 16.6. The van der Waals surface area contributed by atoms with Gasteiger partial charge in [-0.1, -0.05) is 41.5 Å². The normalized spacial score (nSPS) is 10.3. The van der Waals surface area contributed by atoms with Gasteiger partial charge in [-0.2, -0.15) is 0 Å². The highest BCUT2D eigenvalue weighted by atomic mass is 14.6. The molecule has 0 bridgehead atoms. The van der Waals surface area contributed by atoms with Crippen molar-refractivity contribution in [1.82, 2.24) is 4.98 Å². The monoisotopic (exact) mass is 209 g/mol. The van der Waals surface area contributed by atoms with Crippen LogP contribution in [-0.2, 0) is 0 Å². The molecule has 1 nitrogen and oxygen atoms in total. The molecular formula is C14H27N. The number of aromatic nitrogens is 1. The predicted octanol–water partition coefficient (Wildman–Crippen LogP) is 4.96. The van der Waals surface area contributed by atoms with Crippen molar-refractivity contribution in [2.75, 3.05) is 0 Å². The Morgan fingerprint density at radius 1 is 1.20 bits per heavy atom. The van der Waals surface area contributed by atoms with Gasteiger partial charge in [0.2, 0.25) is 0 Å². The quantitative estimate of drug-likeness (QED) is 0.671. The largest absolute Gasteiger partial charge is 0.264 e. The number of pyridine rings is 1. The zero-order valence-electron chi connectivity index (χ0n) is 11.5. The van der Waals surface area contributed by atoms with E-state index < -0.39 is 0 Å². The molecule has 1 heteroatoms. The summed E-state index contributed by atoms with van der Waals surface area (Å²) in [7, 11) is 0. The van der Waals surface area contributed by atoms with Gasteiger partial charge in [-0.05, 0) is 36.5 Å². The second kappa shape index (κ2) is 11.2. The van der Waals surface area contributed by atoms with Crippen LogP contribution in [0.2, 0.25) is 0 Å². The van der Waals surface area contributed by atoms with Gasteiger partial charge in [0.1, 0.15) is 0 Å². The standard InChI is InChI=1S/C10H15N.2C2H6/c1-4-8(2)10-5-6-11-7-9(10)3;2*1-2/h5-8H,4H2,1-3H3;2*1-2H3. The van der Waals surface area contributed by atoms with Crippen LogP contribution in [0.25, 0.3) is 0 Å². The Morgan fingerprint density at radius 2 is 1.73 bits per heavy atom. The fraction of sp³-hybridized carbons (Fsp3) is 0.643. The van der Waals surface area contributed by atoms with E-state index in [1.807, 2.05) is 40.1 Å². The molecule has 1 unspecified atom stereocenters. The van der Waals surface area contributed by atoms with E-state index in [2.05, 4.69) is 31.8 Å². The van der Waals surface area contributed by atoms with Gasteiger partial charge in [0, 0.05) is 12.4 Å². The summed E-state index contributed by atoms with van der Waals surface area (Å²) in [4.78, 5) is 4.06. The fourth-order valence-electron chi connectivity index (χ4n) is 1.26. The lowest BCUT2D eigenvalue weighted by Gasteiger charge is -2.10. The van der Waals surface area contributed by atoms with Crippen LogP contribution in [0.4, 0.5) is 0 Å². The van der Waals surface area contributed by atoms with E-state index in [0.29, 0.717) is 5.92 Å². The molecule has 15 heavy (non-hydrogen) atoms. The highest BCUT2D eigenvalue weighted by Crippen LogP contribution is 2.20. The van der Waals surface area contributed by atoms with E-state index in [9.17, 15) is 0 Å². The van der Waals surface area contributed by atoms with Crippen LogP contribution in [0.3, 0.4) is 0 Å². The maximum absolute atomic E-state index is 4.06. The molecule has 1 aromatic heterocycles. The van der Waals surface area contributed by atoms with E-state index in [1.165, 1.54) is 17.5 Å². The summed E-state index contributed by atoms with van der Waals surface area (Å²) < 4.78 is 0. The molecule has 0 saturated heterocycles. The zero-order chi connectivity index (χ0) is 12.3. The van der Waals surface area contributed by atoms with Crippen LogP contribution in [0, 0.1) is 6.92 Å². The predicted molar refractivity (Wildman–Crippen MR) is 70.4 cm³/mol. The van der Waals surface area contributed by atoms with Gasteiger partial charge in [-0.3, -0.25) is 4.98 Å². The Kier molecular flexibility index (Phi) is 12.4. The number of hydrogen-bond acceptors (Lipinski definition) is 1. The second-order valence-electron chi connectivity index (χ2n) is 3.04. The lowest BCUT2D eigenvalue weighted by molar-refractivity contribution is 0.726. The van der Waals surface area contributed by atoms with Crippen molar-refractivity contribution in [3.05, 3.63) is 29.6 Å². The Bertz CT molecular complexity index is 231. The van der Waals surface area contributed by atoms with Gasteiger partial charge in [0.15, 0.2) is 0 Å². The summed E-state index contributed by atoms with van der Waals surface area (Å²) in [5.74, 6) is 0.665. The average Bonchev–Trinajstić information content (AvgIpc) is 2.34.